The van der Waals surface area contributed by atoms with Crippen molar-refractivity contribution in [3.8, 4) is 22.3 Å². The highest BCUT2D eigenvalue weighted by atomic mass is 15.3. The first-order valence-corrected chi connectivity index (χ1v) is 15.4. The maximum atomic E-state index is 5.22. The Morgan fingerprint density at radius 1 is 0.837 bits per heavy atom. The van der Waals surface area contributed by atoms with Gasteiger partial charge in [-0.25, -0.2) is 9.50 Å². The van der Waals surface area contributed by atoms with Crippen molar-refractivity contribution in [1.82, 2.24) is 24.9 Å². The largest absolute Gasteiger partial charge is 0.302 e. The lowest BCUT2D eigenvalue weighted by Gasteiger charge is -2.35. The zero-order chi connectivity index (χ0) is 28.9. The minimum Gasteiger partial charge on any atom is -0.302 e. The van der Waals surface area contributed by atoms with Gasteiger partial charge in [0.15, 0.2) is 11.5 Å². The summed E-state index contributed by atoms with van der Waals surface area (Å²) in [5, 5.41) is 8.91. The summed E-state index contributed by atoms with van der Waals surface area (Å²) >= 11 is 0. The molecule has 5 aromatic rings. The molecule has 0 bridgehead atoms. The van der Waals surface area contributed by atoms with Crippen LogP contribution in [0.25, 0.3) is 34.0 Å². The van der Waals surface area contributed by atoms with E-state index in [0.717, 1.165) is 46.7 Å². The van der Waals surface area contributed by atoms with Crippen molar-refractivity contribution in [2.75, 3.05) is 0 Å². The fourth-order valence-corrected chi connectivity index (χ4v) is 7.08. The molecule has 0 radical (unpaired) electrons. The predicted octanol–water partition coefficient (Wildman–Crippen LogP) is 8.22. The Morgan fingerprint density at radius 2 is 1.63 bits per heavy atom. The van der Waals surface area contributed by atoms with E-state index >= 15 is 0 Å². The third kappa shape index (κ3) is 4.74. The molecule has 0 spiro atoms. The highest BCUT2D eigenvalue weighted by molar-refractivity contribution is 5.82. The van der Waals surface area contributed by atoms with E-state index in [2.05, 4.69) is 135 Å². The zero-order valence-electron chi connectivity index (χ0n) is 24.6. The van der Waals surface area contributed by atoms with Gasteiger partial charge in [0.1, 0.15) is 0 Å². The van der Waals surface area contributed by atoms with Crippen LogP contribution in [0.5, 0.6) is 0 Å². The monoisotopic (exact) mass is 561 g/mol. The molecule has 2 aliphatic carbocycles. The molecule has 5 heteroatoms. The lowest BCUT2D eigenvalue weighted by atomic mass is 9.77. The summed E-state index contributed by atoms with van der Waals surface area (Å²) in [6, 6.07) is 26.2. The smallest absolute Gasteiger partial charge is 0.163 e. The molecule has 2 aromatic carbocycles. The van der Waals surface area contributed by atoms with Gasteiger partial charge in [-0.3, -0.25) is 4.98 Å². The number of aryl methyl sites for hydroxylation is 1. The number of allylic oxidation sites excluding steroid dienone is 2. The molecule has 43 heavy (non-hydrogen) atoms. The second-order valence-corrected chi connectivity index (χ2v) is 12.2. The van der Waals surface area contributed by atoms with Crippen molar-refractivity contribution in [2.45, 2.75) is 50.6 Å². The van der Waals surface area contributed by atoms with Crippen LogP contribution in [0.15, 0.2) is 109 Å². The maximum absolute atomic E-state index is 5.22. The summed E-state index contributed by atoms with van der Waals surface area (Å²) in [6.07, 6.45) is 18.0. The quantitative estimate of drug-likeness (QED) is 0.225. The molecule has 0 fully saturated rings. The Bertz CT molecular complexity index is 1900. The lowest BCUT2D eigenvalue weighted by Crippen LogP contribution is -2.38. The number of nitrogens with zero attached hydrogens (tertiary/aromatic N) is 4. The first-order valence-electron chi connectivity index (χ1n) is 15.4. The molecular formula is C38H35N5. The molecular weight excluding hydrogens is 526 g/mol. The first-order chi connectivity index (χ1) is 21.1. The number of rotatable bonds is 4. The van der Waals surface area contributed by atoms with Gasteiger partial charge in [0.2, 0.25) is 0 Å². The number of fused-ring (bicyclic) bond motifs is 4. The van der Waals surface area contributed by atoms with E-state index < -0.39 is 0 Å². The molecule has 1 aliphatic heterocycles. The topological polar surface area (TPSA) is 55.1 Å². The van der Waals surface area contributed by atoms with Crippen molar-refractivity contribution >= 4 is 11.7 Å². The number of hydrogen-bond acceptors (Lipinski definition) is 4. The van der Waals surface area contributed by atoms with Crippen LogP contribution in [-0.2, 0) is 0 Å². The SMILES string of the molecule is Cc1cc([C@@H]2C=CCC(c3nc4c(-c5ccccc5)cc(-c5ccccc5)cn4n3)C2)c2c(n1)C1N[C@@H](C)C=CC1C=C2. The summed E-state index contributed by atoms with van der Waals surface area (Å²) in [4.78, 5) is 10.3. The van der Waals surface area contributed by atoms with Crippen LogP contribution in [0, 0.1) is 12.8 Å². The Hall–Kier alpha value is -4.61. The van der Waals surface area contributed by atoms with Gasteiger partial charge < -0.3 is 5.32 Å². The van der Waals surface area contributed by atoms with Crippen molar-refractivity contribution in [3.63, 3.8) is 0 Å². The van der Waals surface area contributed by atoms with Crippen molar-refractivity contribution in [1.29, 1.82) is 0 Å². The highest BCUT2D eigenvalue weighted by Crippen LogP contribution is 2.43. The Labute approximate surface area is 252 Å². The van der Waals surface area contributed by atoms with Gasteiger partial charge in [-0.15, -0.1) is 0 Å². The van der Waals surface area contributed by atoms with E-state index in [1.54, 1.807) is 0 Å². The minimum absolute atomic E-state index is 0.220. The number of pyridine rings is 2. The molecule has 8 rings (SSSR count). The fourth-order valence-electron chi connectivity index (χ4n) is 7.08. The summed E-state index contributed by atoms with van der Waals surface area (Å²) < 4.78 is 2.00. The fraction of sp³-hybridized carbons (Fsp3) is 0.237. The normalized spacial score (nSPS) is 24.2. The van der Waals surface area contributed by atoms with E-state index in [4.69, 9.17) is 15.1 Å². The van der Waals surface area contributed by atoms with Crippen LogP contribution in [0.2, 0.25) is 0 Å². The molecule has 3 unspecified atom stereocenters. The summed E-state index contributed by atoms with van der Waals surface area (Å²) in [6.45, 7) is 4.34. The van der Waals surface area contributed by atoms with E-state index in [0.29, 0.717) is 12.0 Å². The maximum Gasteiger partial charge on any atom is 0.163 e. The number of nitrogens with one attached hydrogen (secondary N) is 1. The van der Waals surface area contributed by atoms with Gasteiger partial charge in [-0.1, -0.05) is 97.1 Å². The van der Waals surface area contributed by atoms with Crippen molar-refractivity contribution in [2.24, 2.45) is 5.92 Å². The van der Waals surface area contributed by atoms with Crippen LogP contribution >= 0.6 is 0 Å². The van der Waals surface area contributed by atoms with E-state index in [-0.39, 0.29) is 17.9 Å². The average molecular weight is 562 g/mol. The second-order valence-electron chi connectivity index (χ2n) is 12.2. The van der Waals surface area contributed by atoms with Gasteiger partial charge in [0, 0.05) is 52.4 Å². The predicted molar refractivity (Wildman–Crippen MR) is 174 cm³/mol. The molecule has 0 saturated carbocycles. The van der Waals surface area contributed by atoms with Gasteiger partial charge in [-0.2, -0.15) is 5.10 Å². The van der Waals surface area contributed by atoms with Crippen LogP contribution in [0.3, 0.4) is 0 Å². The van der Waals surface area contributed by atoms with Crippen molar-refractivity contribution < 1.29 is 0 Å². The van der Waals surface area contributed by atoms with Crippen molar-refractivity contribution in [3.05, 3.63) is 138 Å². The van der Waals surface area contributed by atoms with Crippen LogP contribution < -0.4 is 5.32 Å². The van der Waals surface area contributed by atoms with Gasteiger partial charge >= 0.3 is 0 Å². The highest BCUT2D eigenvalue weighted by Gasteiger charge is 2.33. The molecule has 5 atom stereocenters. The average Bonchev–Trinajstić information content (AvgIpc) is 3.49. The van der Waals surface area contributed by atoms with Crippen LogP contribution in [-0.4, -0.2) is 25.6 Å². The zero-order valence-corrected chi connectivity index (χ0v) is 24.6. The van der Waals surface area contributed by atoms with Crippen LogP contribution in [0.4, 0.5) is 0 Å². The number of hydrogen-bond donors (Lipinski definition) is 1. The van der Waals surface area contributed by atoms with E-state index in [1.165, 1.54) is 22.4 Å². The van der Waals surface area contributed by atoms with Gasteiger partial charge in [0.05, 0.1) is 11.7 Å². The Balaban J connectivity index is 1.17. The van der Waals surface area contributed by atoms with Crippen LogP contribution in [0.1, 0.15) is 66.0 Å². The molecule has 4 heterocycles. The van der Waals surface area contributed by atoms with E-state index in [9.17, 15) is 0 Å². The molecule has 212 valence electrons. The van der Waals surface area contributed by atoms with Gasteiger partial charge in [-0.05, 0) is 55.5 Å². The minimum atomic E-state index is 0.220. The summed E-state index contributed by atoms with van der Waals surface area (Å²) in [5.41, 5.74) is 10.4. The molecule has 0 amide bonds. The molecule has 5 nitrogen and oxygen atoms in total. The molecule has 3 aromatic heterocycles. The number of benzene rings is 2. The standard InChI is InChI=1S/C38H35N5/c1-24-16-17-28-18-19-32-33(20-25(2)40-36(32)35(28)39-24)29-14-9-15-30(21-29)37-41-38-34(27-12-7-4-8-13-27)22-31(23-43(38)42-37)26-10-5-3-6-11-26/h3-14,16-20,22-24,28-30,35,39H,15,21H2,1-2H3/t24-,28?,29+,30?,35?/m0/s1. The van der Waals surface area contributed by atoms with Gasteiger partial charge in [0.25, 0.3) is 0 Å². The Kier molecular flexibility index (Phi) is 6.41. The molecule has 1 N–H and O–H groups in total. The summed E-state index contributed by atoms with van der Waals surface area (Å²) in [7, 11) is 0. The second kappa shape index (κ2) is 10.6. The molecule has 0 saturated heterocycles. The first kappa shape index (κ1) is 26.1. The third-order valence-corrected chi connectivity index (χ3v) is 9.21. The summed E-state index contributed by atoms with van der Waals surface area (Å²) in [5.74, 6) is 1.79. The number of aromatic nitrogens is 4. The molecule has 3 aliphatic rings. The Morgan fingerprint density at radius 3 is 2.44 bits per heavy atom. The lowest BCUT2D eigenvalue weighted by molar-refractivity contribution is 0.413. The third-order valence-electron chi connectivity index (χ3n) is 9.21. The van der Waals surface area contributed by atoms with E-state index in [1.807, 2.05) is 4.52 Å².